The fourth-order valence-electron chi connectivity index (χ4n) is 0.831. The topological polar surface area (TPSA) is 22.1 Å². The minimum Gasteiger partial charge on any atom is -0.486 e. The Morgan fingerprint density at radius 2 is 2.38 bits per heavy atom. The normalized spacial score (nSPS) is 9.31. The first-order chi connectivity index (χ1) is 6.29. The van der Waals surface area contributed by atoms with E-state index in [1.807, 2.05) is 0 Å². The maximum Gasteiger partial charge on any atom is 0.172 e. The van der Waals surface area contributed by atoms with E-state index >= 15 is 0 Å². The van der Waals surface area contributed by atoms with E-state index in [9.17, 15) is 0 Å². The van der Waals surface area contributed by atoms with Crippen LogP contribution >= 0.6 is 11.6 Å². The van der Waals surface area contributed by atoms with Crippen LogP contribution in [0.3, 0.4) is 0 Å². The maximum absolute atomic E-state index is 5.79. The van der Waals surface area contributed by atoms with Crippen molar-refractivity contribution in [3.8, 4) is 5.75 Å². The standard InChI is InChI=1S/C10H9ClNO/c1-3-7-13-9-8(4-2)5-6-12-10(9)11/h3-5H,1-2,7H2. The number of aromatic nitrogens is 1. The Kier molecular flexibility index (Phi) is 3.53. The van der Waals surface area contributed by atoms with E-state index in [0.29, 0.717) is 17.5 Å². The van der Waals surface area contributed by atoms with Crippen LogP contribution in [0.4, 0.5) is 0 Å². The van der Waals surface area contributed by atoms with Crippen molar-refractivity contribution in [2.75, 3.05) is 6.61 Å². The highest BCUT2D eigenvalue weighted by atomic mass is 35.5. The van der Waals surface area contributed by atoms with E-state index in [-0.39, 0.29) is 0 Å². The van der Waals surface area contributed by atoms with Crippen LogP contribution in [0, 0.1) is 6.20 Å². The summed E-state index contributed by atoms with van der Waals surface area (Å²) in [7, 11) is 0. The van der Waals surface area contributed by atoms with Crippen molar-refractivity contribution in [1.82, 2.24) is 4.98 Å². The highest BCUT2D eigenvalue weighted by Crippen LogP contribution is 2.26. The van der Waals surface area contributed by atoms with E-state index < -0.39 is 0 Å². The summed E-state index contributed by atoms with van der Waals surface area (Å²) in [6.45, 7) is 7.56. The van der Waals surface area contributed by atoms with Crippen LogP contribution in [0.15, 0.2) is 25.3 Å². The van der Waals surface area contributed by atoms with E-state index in [1.165, 1.54) is 0 Å². The first-order valence-electron chi connectivity index (χ1n) is 3.72. The van der Waals surface area contributed by atoms with Gasteiger partial charge >= 0.3 is 0 Å². The largest absolute Gasteiger partial charge is 0.486 e. The highest BCUT2D eigenvalue weighted by Gasteiger charge is 2.05. The summed E-state index contributed by atoms with van der Waals surface area (Å²) in [5.41, 5.74) is 0.779. The first-order valence-corrected chi connectivity index (χ1v) is 4.10. The average Bonchev–Trinajstić information content (AvgIpc) is 2.15. The molecule has 1 radical (unpaired) electrons. The monoisotopic (exact) mass is 194 g/mol. The Morgan fingerprint density at radius 3 is 3.00 bits per heavy atom. The molecule has 0 atom stereocenters. The highest BCUT2D eigenvalue weighted by molar-refractivity contribution is 6.31. The van der Waals surface area contributed by atoms with Crippen molar-refractivity contribution in [1.29, 1.82) is 0 Å². The third-order valence-electron chi connectivity index (χ3n) is 1.40. The molecule has 1 rings (SSSR count). The van der Waals surface area contributed by atoms with Gasteiger partial charge in [-0.15, -0.1) is 0 Å². The smallest absolute Gasteiger partial charge is 0.172 e. The number of hydrogen-bond donors (Lipinski definition) is 0. The van der Waals surface area contributed by atoms with Gasteiger partial charge in [0, 0.05) is 5.56 Å². The van der Waals surface area contributed by atoms with E-state index in [2.05, 4.69) is 24.3 Å². The van der Waals surface area contributed by atoms with Crippen molar-refractivity contribution >= 4 is 17.7 Å². The molecule has 0 spiro atoms. The summed E-state index contributed by atoms with van der Waals surface area (Å²) in [6.07, 6.45) is 5.92. The van der Waals surface area contributed by atoms with Gasteiger partial charge in [0.1, 0.15) is 6.61 Å². The minimum atomic E-state index is 0.291. The van der Waals surface area contributed by atoms with Crippen LogP contribution in [0.1, 0.15) is 5.56 Å². The molecule has 0 aliphatic heterocycles. The van der Waals surface area contributed by atoms with Crippen LogP contribution in [0.25, 0.3) is 6.08 Å². The zero-order chi connectivity index (χ0) is 9.68. The molecule has 0 aliphatic carbocycles. The predicted octanol–water partition coefficient (Wildman–Crippen LogP) is 2.74. The number of halogens is 1. The molecule has 0 bridgehead atoms. The number of rotatable bonds is 4. The zero-order valence-corrected chi connectivity index (χ0v) is 7.84. The van der Waals surface area contributed by atoms with Crippen LogP contribution < -0.4 is 4.74 Å². The van der Waals surface area contributed by atoms with Gasteiger partial charge in [-0.2, -0.15) is 0 Å². The van der Waals surface area contributed by atoms with Crippen molar-refractivity contribution < 1.29 is 4.74 Å². The Balaban J connectivity index is 2.99. The van der Waals surface area contributed by atoms with Crippen LogP contribution in [-0.4, -0.2) is 11.6 Å². The van der Waals surface area contributed by atoms with Gasteiger partial charge < -0.3 is 4.74 Å². The molecule has 0 N–H and O–H groups in total. The number of hydrogen-bond acceptors (Lipinski definition) is 2. The summed E-state index contributed by atoms with van der Waals surface area (Å²) < 4.78 is 5.30. The van der Waals surface area contributed by atoms with Crippen LogP contribution in [0.2, 0.25) is 5.15 Å². The molecule has 0 saturated heterocycles. The maximum atomic E-state index is 5.79. The predicted molar refractivity (Wildman–Crippen MR) is 53.9 cm³/mol. The van der Waals surface area contributed by atoms with E-state index in [0.717, 1.165) is 5.56 Å². The number of ether oxygens (including phenoxy) is 1. The van der Waals surface area contributed by atoms with E-state index in [1.54, 1.807) is 18.2 Å². The lowest BCUT2D eigenvalue weighted by Gasteiger charge is -2.07. The molecule has 0 aromatic carbocycles. The minimum absolute atomic E-state index is 0.291. The van der Waals surface area contributed by atoms with Gasteiger partial charge in [0.25, 0.3) is 0 Å². The second-order valence-electron chi connectivity index (χ2n) is 2.26. The molecule has 3 heteroatoms. The van der Waals surface area contributed by atoms with Gasteiger partial charge in [0.05, 0.1) is 6.20 Å². The molecule has 0 amide bonds. The SMILES string of the molecule is C=CCOc1c(C=C)c[c]nc1Cl. The lowest BCUT2D eigenvalue weighted by molar-refractivity contribution is 0.361. The molecular weight excluding hydrogens is 186 g/mol. The number of nitrogens with zero attached hydrogens (tertiary/aromatic N) is 1. The third-order valence-corrected chi connectivity index (χ3v) is 1.65. The van der Waals surface area contributed by atoms with Gasteiger partial charge in [0.2, 0.25) is 0 Å². The molecule has 0 fully saturated rings. The Labute approximate surface area is 82.5 Å². The van der Waals surface area contributed by atoms with Crippen LogP contribution in [0.5, 0.6) is 5.75 Å². The molecular formula is C10H9ClNO. The Hall–Kier alpha value is -1.28. The van der Waals surface area contributed by atoms with Gasteiger partial charge in [-0.25, -0.2) is 4.98 Å². The van der Waals surface area contributed by atoms with Gasteiger partial charge in [-0.1, -0.05) is 36.9 Å². The molecule has 0 saturated carbocycles. The molecule has 67 valence electrons. The molecule has 1 heterocycles. The Morgan fingerprint density at radius 1 is 1.62 bits per heavy atom. The number of pyridine rings is 1. The fourth-order valence-corrected chi connectivity index (χ4v) is 1.04. The fraction of sp³-hybridized carbons (Fsp3) is 0.100. The van der Waals surface area contributed by atoms with Crippen molar-refractivity contribution in [2.45, 2.75) is 0 Å². The quantitative estimate of drug-likeness (QED) is 0.543. The summed E-state index contributed by atoms with van der Waals surface area (Å²) in [5, 5.41) is 0.291. The van der Waals surface area contributed by atoms with Crippen molar-refractivity contribution in [3.05, 3.63) is 42.2 Å². The lowest BCUT2D eigenvalue weighted by atomic mass is 10.2. The summed E-state index contributed by atoms with van der Waals surface area (Å²) in [5.74, 6) is 0.523. The second-order valence-corrected chi connectivity index (χ2v) is 2.62. The molecule has 13 heavy (non-hydrogen) atoms. The van der Waals surface area contributed by atoms with Gasteiger partial charge in [0.15, 0.2) is 10.9 Å². The molecule has 1 aromatic rings. The second kappa shape index (κ2) is 4.67. The summed E-state index contributed by atoms with van der Waals surface area (Å²) in [6, 6.07) is 1.66. The average molecular weight is 195 g/mol. The molecule has 2 nitrogen and oxygen atoms in total. The van der Waals surface area contributed by atoms with Crippen molar-refractivity contribution in [3.63, 3.8) is 0 Å². The first kappa shape index (κ1) is 9.81. The molecule has 1 aromatic heterocycles. The van der Waals surface area contributed by atoms with Crippen molar-refractivity contribution in [2.24, 2.45) is 0 Å². The van der Waals surface area contributed by atoms with E-state index in [4.69, 9.17) is 16.3 Å². The summed E-state index contributed by atoms with van der Waals surface area (Å²) in [4.78, 5) is 3.77. The van der Waals surface area contributed by atoms with Gasteiger partial charge in [-0.05, 0) is 6.07 Å². The molecule has 0 aliphatic rings. The molecule has 0 unspecified atom stereocenters. The summed E-state index contributed by atoms with van der Waals surface area (Å²) >= 11 is 5.79. The third kappa shape index (κ3) is 2.33. The lowest BCUT2D eigenvalue weighted by Crippen LogP contribution is -1.96. The Bertz CT molecular complexity index is 323. The van der Waals surface area contributed by atoms with Crippen LogP contribution in [-0.2, 0) is 0 Å². The zero-order valence-electron chi connectivity index (χ0n) is 7.09. The van der Waals surface area contributed by atoms with Gasteiger partial charge in [-0.3, -0.25) is 0 Å².